The van der Waals surface area contributed by atoms with Gasteiger partial charge in [-0.05, 0) is 6.08 Å². The SMILES string of the molecule is C=CC(CC)([n+]1ccccc1)S(=O)(=O)O. The minimum Gasteiger partial charge on any atom is -0.280 e. The predicted molar refractivity (Wildman–Crippen MR) is 56.6 cm³/mol. The van der Waals surface area contributed by atoms with E-state index in [1.807, 2.05) is 0 Å². The average molecular weight is 228 g/mol. The lowest BCUT2D eigenvalue weighted by molar-refractivity contribution is -0.729. The van der Waals surface area contributed by atoms with Crippen LogP contribution in [-0.4, -0.2) is 13.0 Å². The zero-order valence-electron chi connectivity index (χ0n) is 8.50. The van der Waals surface area contributed by atoms with Crippen LogP contribution in [0.3, 0.4) is 0 Å². The van der Waals surface area contributed by atoms with E-state index < -0.39 is 15.0 Å². The minimum atomic E-state index is -4.23. The zero-order chi connectivity index (χ0) is 11.5. The number of pyridine rings is 1. The molecular weight excluding hydrogens is 214 g/mol. The quantitative estimate of drug-likeness (QED) is 0.477. The summed E-state index contributed by atoms with van der Waals surface area (Å²) in [4.78, 5) is -1.48. The molecule has 1 atom stereocenters. The number of aromatic nitrogens is 1. The van der Waals surface area contributed by atoms with E-state index in [1.165, 1.54) is 10.6 Å². The van der Waals surface area contributed by atoms with Crippen molar-refractivity contribution in [2.24, 2.45) is 0 Å². The number of hydrogen-bond donors (Lipinski definition) is 1. The van der Waals surface area contributed by atoms with Crippen molar-refractivity contribution in [2.75, 3.05) is 0 Å². The van der Waals surface area contributed by atoms with Crippen molar-refractivity contribution in [3.05, 3.63) is 43.2 Å². The fraction of sp³-hybridized carbons (Fsp3) is 0.300. The highest BCUT2D eigenvalue weighted by atomic mass is 32.2. The summed E-state index contributed by atoms with van der Waals surface area (Å²) < 4.78 is 33.4. The van der Waals surface area contributed by atoms with Gasteiger partial charge in [-0.15, -0.1) is 0 Å². The van der Waals surface area contributed by atoms with Crippen LogP contribution in [0.2, 0.25) is 0 Å². The second kappa shape index (κ2) is 4.12. The molecule has 0 aliphatic heterocycles. The Labute approximate surface area is 89.6 Å². The third kappa shape index (κ3) is 1.93. The molecule has 1 aromatic heterocycles. The highest BCUT2D eigenvalue weighted by Crippen LogP contribution is 2.21. The second-order valence-corrected chi connectivity index (χ2v) is 4.82. The van der Waals surface area contributed by atoms with Gasteiger partial charge in [0.2, 0.25) is 0 Å². The van der Waals surface area contributed by atoms with E-state index in [0.717, 1.165) is 0 Å². The highest BCUT2D eigenvalue weighted by Gasteiger charge is 2.47. The van der Waals surface area contributed by atoms with Gasteiger partial charge in [0.15, 0.2) is 12.4 Å². The monoisotopic (exact) mass is 228 g/mol. The van der Waals surface area contributed by atoms with Gasteiger partial charge in [-0.25, -0.2) is 0 Å². The summed E-state index contributed by atoms with van der Waals surface area (Å²) in [6.07, 6.45) is 4.62. The first-order valence-corrected chi connectivity index (χ1v) is 5.99. The normalized spacial score (nSPS) is 15.6. The maximum absolute atomic E-state index is 11.4. The third-order valence-corrected chi connectivity index (χ3v) is 3.98. The average Bonchev–Trinajstić information content (AvgIpc) is 2.20. The molecule has 15 heavy (non-hydrogen) atoms. The van der Waals surface area contributed by atoms with Crippen molar-refractivity contribution < 1.29 is 17.5 Å². The van der Waals surface area contributed by atoms with Crippen LogP contribution in [0.15, 0.2) is 43.2 Å². The van der Waals surface area contributed by atoms with E-state index in [-0.39, 0.29) is 6.42 Å². The standard InChI is InChI=1S/C10H13NO3S/c1-3-10(4-2,15(12,13)14)11-8-6-5-7-9-11/h3,5-9H,1,4H2,2H3/p+1. The molecule has 0 amide bonds. The highest BCUT2D eigenvalue weighted by molar-refractivity contribution is 7.86. The maximum atomic E-state index is 11.4. The van der Waals surface area contributed by atoms with Gasteiger partial charge in [0.25, 0.3) is 0 Å². The van der Waals surface area contributed by atoms with Gasteiger partial charge in [-0.2, -0.15) is 13.0 Å². The fourth-order valence-electron chi connectivity index (χ4n) is 1.50. The first kappa shape index (κ1) is 11.9. The molecule has 0 saturated carbocycles. The molecule has 1 heterocycles. The fourth-order valence-corrected chi connectivity index (χ4v) is 2.47. The van der Waals surface area contributed by atoms with E-state index in [9.17, 15) is 13.0 Å². The van der Waals surface area contributed by atoms with Crippen LogP contribution in [0.4, 0.5) is 0 Å². The van der Waals surface area contributed by atoms with Crippen LogP contribution in [0.25, 0.3) is 0 Å². The summed E-state index contributed by atoms with van der Waals surface area (Å²) in [7, 11) is -4.23. The summed E-state index contributed by atoms with van der Waals surface area (Å²) in [6, 6.07) is 5.15. The lowest BCUT2D eigenvalue weighted by atomic mass is 10.2. The maximum Gasteiger partial charge on any atom is 0.336 e. The molecular formula is C10H14NO3S+. The lowest BCUT2D eigenvalue weighted by Crippen LogP contribution is -2.58. The van der Waals surface area contributed by atoms with Crippen molar-refractivity contribution in [1.82, 2.24) is 0 Å². The van der Waals surface area contributed by atoms with E-state index in [0.29, 0.717) is 0 Å². The molecule has 1 rings (SSSR count). The van der Waals surface area contributed by atoms with E-state index in [2.05, 4.69) is 6.58 Å². The summed E-state index contributed by atoms with van der Waals surface area (Å²) >= 11 is 0. The number of nitrogens with zero attached hydrogens (tertiary/aromatic N) is 1. The molecule has 0 fully saturated rings. The molecule has 1 N–H and O–H groups in total. The molecule has 0 radical (unpaired) electrons. The minimum absolute atomic E-state index is 0.212. The van der Waals surface area contributed by atoms with Gasteiger partial charge < -0.3 is 0 Å². The number of hydrogen-bond acceptors (Lipinski definition) is 2. The smallest absolute Gasteiger partial charge is 0.280 e. The largest absolute Gasteiger partial charge is 0.336 e. The Morgan fingerprint density at radius 3 is 2.27 bits per heavy atom. The van der Waals surface area contributed by atoms with E-state index in [4.69, 9.17) is 0 Å². The molecule has 4 nitrogen and oxygen atoms in total. The Morgan fingerprint density at radius 1 is 1.40 bits per heavy atom. The Kier molecular flexibility index (Phi) is 3.26. The Balaban J connectivity index is 3.44. The second-order valence-electron chi connectivity index (χ2n) is 3.16. The summed E-state index contributed by atoms with van der Waals surface area (Å²) in [5, 5.41) is 0. The van der Waals surface area contributed by atoms with Crippen molar-refractivity contribution in [3.63, 3.8) is 0 Å². The number of rotatable bonds is 4. The van der Waals surface area contributed by atoms with Gasteiger partial charge in [0.1, 0.15) is 0 Å². The van der Waals surface area contributed by atoms with Gasteiger partial charge in [0, 0.05) is 18.6 Å². The van der Waals surface area contributed by atoms with E-state index in [1.54, 1.807) is 37.5 Å². The Bertz CT molecular complexity index is 441. The first-order valence-electron chi connectivity index (χ1n) is 4.55. The molecule has 0 aliphatic carbocycles. The van der Waals surface area contributed by atoms with Crippen LogP contribution in [0, 0.1) is 0 Å². The van der Waals surface area contributed by atoms with Crippen LogP contribution in [0.5, 0.6) is 0 Å². The summed E-state index contributed by atoms with van der Waals surface area (Å²) in [6.45, 7) is 5.16. The van der Waals surface area contributed by atoms with Crippen LogP contribution < -0.4 is 4.57 Å². The van der Waals surface area contributed by atoms with Crippen molar-refractivity contribution in [1.29, 1.82) is 0 Å². The molecule has 5 heteroatoms. The molecule has 0 aromatic carbocycles. The van der Waals surface area contributed by atoms with Gasteiger partial charge >= 0.3 is 15.0 Å². The zero-order valence-corrected chi connectivity index (χ0v) is 9.31. The first-order chi connectivity index (χ1) is 6.98. The lowest BCUT2D eigenvalue weighted by Gasteiger charge is -2.19. The van der Waals surface area contributed by atoms with Crippen molar-refractivity contribution in [2.45, 2.75) is 18.2 Å². The molecule has 1 unspecified atom stereocenters. The van der Waals surface area contributed by atoms with Crippen molar-refractivity contribution >= 4 is 10.1 Å². The van der Waals surface area contributed by atoms with E-state index >= 15 is 0 Å². The van der Waals surface area contributed by atoms with Crippen LogP contribution in [0.1, 0.15) is 13.3 Å². The topological polar surface area (TPSA) is 58.2 Å². The van der Waals surface area contributed by atoms with Gasteiger partial charge in [0.05, 0.1) is 0 Å². The van der Waals surface area contributed by atoms with Crippen LogP contribution >= 0.6 is 0 Å². The Hall–Kier alpha value is -1.20. The summed E-state index contributed by atoms with van der Waals surface area (Å²) in [5.41, 5.74) is 0. The van der Waals surface area contributed by atoms with Crippen molar-refractivity contribution in [3.8, 4) is 0 Å². The predicted octanol–water partition coefficient (Wildman–Crippen LogP) is 1.11. The van der Waals surface area contributed by atoms with Gasteiger partial charge in [-0.1, -0.05) is 19.6 Å². The molecule has 1 aromatic rings. The molecule has 0 bridgehead atoms. The molecule has 0 spiro atoms. The summed E-state index contributed by atoms with van der Waals surface area (Å²) in [5.74, 6) is 0. The molecule has 82 valence electrons. The van der Waals surface area contributed by atoms with Gasteiger partial charge in [-0.3, -0.25) is 4.55 Å². The molecule has 0 aliphatic rings. The third-order valence-electron chi connectivity index (χ3n) is 2.42. The molecule has 0 saturated heterocycles. The van der Waals surface area contributed by atoms with Crippen LogP contribution in [-0.2, 0) is 15.0 Å². The Morgan fingerprint density at radius 2 is 1.93 bits per heavy atom.